The van der Waals surface area contributed by atoms with Crippen molar-refractivity contribution in [2.75, 3.05) is 0 Å². The van der Waals surface area contributed by atoms with Crippen LogP contribution in [0.5, 0.6) is 11.5 Å². The second-order valence-corrected chi connectivity index (χ2v) is 3.56. The summed E-state index contributed by atoms with van der Waals surface area (Å²) in [6.45, 7) is 0. The lowest BCUT2D eigenvalue weighted by Crippen LogP contribution is -1.80. The Morgan fingerprint density at radius 2 is 1.47 bits per heavy atom. The molecule has 2 rings (SSSR count). The maximum Gasteiger partial charge on any atom is 0.165 e. The van der Waals surface area contributed by atoms with Crippen molar-refractivity contribution in [2.45, 2.75) is 0 Å². The van der Waals surface area contributed by atoms with E-state index in [2.05, 4.69) is 0 Å². The van der Waals surface area contributed by atoms with Crippen LogP contribution in [0.25, 0.3) is 11.1 Å². The second kappa shape index (κ2) is 3.83. The van der Waals surface area contributed by atoms with Gasteiger partial charge in [0.1, 0.15) is 0 Å². The molecule has 0 bridgehead atoms. The Labute approximate surface area is 92.4 Å². The highest BCUT2D eigenvalue weighted by molar-refractivity contribution is 6.33. The highest BCUT2D eigenvalue weighted by Crippen LogP contribution is 2.38. The number of phenolic OH excluding ortho intramolecular Hbond substituents is 2. The van der Waals surface area contributed by atoms with Crippen molar-refractivity contribution < 1.29 is 10.2 Å². The van der Waals surface area contributed by atoms with Crippen LogP contribution in [-0.4, -0.2) is 10.2 Å². The fraction of sp³-hybridized carbons (Fsp3) is 0. The molecule has 2 aromatic rings. The van der Waals surface area contributed by atoms with Gasteiger partial charge in [-0.3, -0.25) is 0 Å². The van der Waals surface area contributed by atoms with Crippen LogP contribution < -0.4 is 0 Å². The largest absolute Gasteiger partial charge is 0.504 e. The Morgan fingerprint density at radius 3 is 2.20 bits per heavy atom. The third-order valence-corrected chi connectivity index (χ3v) is 2.51. The van der Waals surface area contributed by atoms with Crippen LogP contribution >= 0.6 is 11.6 Å². The molecule has 0 aliphatic rings. The molecule has 2 N–H and O–H groups in total. The molecule has 76 valence electrons. The number of para-hydroxylation sites is 1. The number of halogens is 1. The number of hydrogen-bond donors (Lipinski definition) is 2. The maximum absolute atomic E-state index is 9.67. The van der Waals surface area contributed by atoms with Gasteiger partial charge in [-0.15, -0.1) is 0 Å². The first-order valence-electron chi connectivity index (χ1n) is 4.46. The summed E-state index contributed by atoms with van der Waals surface area (Å²) < 4.78 is 0. The van der Waals surface area contributed by atoms with Gasteiger partial charge >= 0.3 is 0 Å². The van der Waals surface area contributed by atoms with Crippen molar-refractivity contribution in [2.24, 2.45) is 0 Å². The third kappa shape index (κ3) is 1.76. The Morgan fingerprint density at radius 1 is 0.800 bits per heavy atom. The topological polar surface area (TPSA) is 40.5 Å². The molecule has 0 unspecified atom stereocenters. The minimum atomic E-state index is -0.148. The summed E-state index contributed by atoms with van der Waals surface area (Å²) in [5.74, 6) is -0.294. The molecule has 0 spiro atoms. The Bertz CT molecular complexity index is 495. The highest BCUT2D eigenvalue weighted by Gasteiger charge is 2.10. The van der Waals surface area contributed by atoms with E-state index in [-0.39, 0.29) is 11.5 Å². The van der Waals surface area contributed by atoms with Crippen LogP contribution in [0.1, 0.15) is 0 Å². The van der Waals surface area contributed by atoms with Gasteiger partial charge in [0, 0.05) is 16.1 Å². The van der Waals surface area contributed by atoms with Crippen molar-refractivity contribution in [1.29, 1.82) is 0 Å². The number of aromatic hydroxyl groups is 2. The van der Waals surface area contributed by atoms with Crippen LogP contribution in [-0.2, 0) is 0 Å². The maximum atomic E-state index is 9.67. The summed E-state index contributed by atoms with van der Waals surface area (Å²) in [7, 11) is 0. The van der Waals surface area contributed by atoms with Crippen LogP contribution in [0.2, 0.25) is 5.02 Å². The lowest BCUT2D eigenvalue weighted by atomic mass is 10.0. The standard InChI is InChI=1S/C12H9ClO2/c13-10-6-2-1-4-8(10)9-5-3-7-11(14)12(9)15/h1-7,14-15H. The molecule has 0 radical (unpaired) electrons. The average molecular weight is 221 g/mol. The number of rotatable bonds is 1. The lowest BCUT2D eigenvalue weighted by Gasteiger charge is -2.07. The van der Waals surface area contributed by atoms with Crippen LogP contribution in [0.3, 0.4) is 0 Å². The Hall–Kier alpha value is -1.67. The third-order valence-electron chi connectivity index (χ3n) is 2.18. The van der Waals surface area contributed by atoms with E-state index in [9.17, 15) is 10.2 Å². The SMILES string of the molecule is Oc1cccc(-c2ccccc2Cl)c1O. The van der Waals surface area contributed by atoms with Crippen LogP contribution in [0, 0.1) is 0 Å². The minimum Gasteiger partial charge on any atom is -0.504 e. The molecule has 15 heavy (non-hydrogen) atoms. The first kappa shape index (κ1) is 9.87. The normalized spacial score (nSPS) is 10.2. The molecule has 2 nitrogen and oxygen atoms in total. The molecule has 0 aliphatic heterocycles. The number of benzene rings is 2. The fourth-order valence-corrected chi connectivity index (χ4v) is 1.67. The van der Waals surface area contributed by atoms with E-state index in [4.69, 9.17) is 11.6 Å². The van der Waals surface area contributed by atoms with Crippen LogP contribution in [0.15, 0.2) is 42.5 Å². The van der Waals surface area contributed by atoms with Crippen molar-refractivity contribution in [3.8, 4) is 22.6 Å². The minimum absolute atomic E-state index is 0.146. The van der Waals surface area contributed by atoms with E-state index >= 15 is 0 Å². The van der Waals surface area contributed by atoms with E-state index in [1.54, 1.807) is 24.3 Å². The molecule has 0 aromatic heterocycles. The zero-order valence-corrected chi connectivity index (χ0v) is 8.57. The predicted molar refractivity (Wildman–Crippen MR) is 60.2 cm³/mol. The summed E-state index contributed by atoms with van der Waals surface area (Å²) in [6.07, 6.45) is 0. The molecular formula is C12H9ClO2. The van der Waals surface area contributed by atoms with Gasteiger partial charge < -0.3 is 10.2 Å². The lowest BCUT2D eigenvalue weighted by molar-refractivity contribution is 0.405. The van der Waals surface area contributed by atoms with Crippen molar-refractivity contribution in [3.05, 3.63) is 47.5 Å². The van der Waals surface area contributed by atoms with Gasteiger partial charge in [0.15, 0.2) is 11.5 Å². The molecule has 0 heterocycles. The van der Waals surface area contributed by atoms with Crippen molar-refractivity contribution in [1.82, 2.24) is 0 Å². The summed E-state index contributed by atoms with van der Waals surface area (Å²) in [5.41, 5.74) is 1.23. The van der Waals surface area contributed by atoms with Gasteiger partial charge in [-0.05, 0) is 12.1 Å². The Balaban J connectivity index is 2.65. The van der Waals surface area contributed by atoms with Gasteiger partial charge in [-0.1, -0.05) is 41.9 Å². The quantitative estimate of drug-likeness (QED) is 0.723. The van der Waals surface area contributed by atoms with E-state index in [0.717, 1.165) is 0 Å². The zero-order chi connectivity index (χ0) is 10.8. The smallest absolute Gasteiger partial charge is 0.165 e. The summed E-state index contributed by atoms with van der Waals surface area (Å²) in [5, 5.41) is 19.6. The van der Waals surface area contributed by atoms with Gasteiger partial charge in [0.2, 0.25) is 0 Å². The molecule has 0 saturated carbocycles. The van der Waals surface area contributed by atoms with E-state index in [1.165, 1.54) is 6.07 Å². The number of phenols is 2. The molecule has 3 heteroatoms. The molecule has 0 atom stereocenters. The molecule has 0 fully saturated rings. The van der Waals surface area contributed by atoms with Crippen molar-refractivity contribution in [3.63, 3.8) is 0 Å². The fourth-order valence-electron chi connectivity index (χ4n) is 1.43. The van der Waals surface area contributed by atoms with Crippen molar-refractivity contribution >= 4 is 11.6 Å². The summed E-state index contributed by atoms with van der Waals surface area (Å²) in [4.78, 5) is 0. The van der Waals surface area contributed by atoms with Crippen LogP contribution in [0.4, 0.5) is 0 Å². The monoisotopic (exact) mass is 220 g/mol. The first-order chi connectivity index (χ1) is 7.20. The Kier molecular flexibility index (Phi) is 2.52. The predicted octanol–water partition coefficient (Wildman–Crippen LogP) is 3.42. The average Bonchev–Trinajstić information content (AvgIpc) is 2.23. The molecule has 0 aliphatic carbocycles. The van der Waals surface area contributed by atoms with Gasteiger partial charge in [0.05, 0.1) is 0 Å². The summed E-state index contributed by atoms with van der Waals surface area (Å²) in [6, 6.07) is 12.0. The van der Waals surface area contributed by atoms with E-state index in [0.29, 0.717) is 16.1 Å². The van der Waals surface area contributed by atoms with E-state index in [1.807, 2.05) is 12.1 Å². The second-order valence-electron chi connectivity index (χ2n) is 3.15. The molecular weight excluding hydrogens is 212 g/mol. The zero-order valence-electron chi connectivity index (χ0n) is 7.81. The highest BCUT2D eigenvalue weighted by atomic mass is 35.5. The van der Waals surface area contributed by atoms with Gasteiger partial charge in [-0.2, -0.15) is 0 Å². The number of hydrogen-bond acceptors (Lipinski definition) is 2. The molecule has 0 amide bonds. The van der Waals surface area contributed by atoms with Gasteiger partial charge in [-0.25, -0.2) is 0 Å². The first-order valence-corrected chi connectivity index (χ1v) is 4.84. The molecule has 0 saturated heterocycles. The van der Waals surface area contributed by atoms with Gasteiger partial charge in [0.25, 0.3) is 0 Å². The molecule has 2 aromatic carbocycles. The summed E-state index contributed by atoms with van der Waals surface area (Å²) >= 11 is 5.99. The van der Waals surface area contributed by atoms with E-state index < -0.39 is 0 Å².